The highest BCUT2D eigenvalue weighted by atomic mass is 32.2. The topological polar surface area (TPSA) is 89.5 Å². The van der Waals surface area contributed by atoms with Crippen molar-refractivity contribution in [1.29, 1.82) is 0 Å². The van der Waals surface area contributed by atoms with Gasteiger partial charge in [-0.15, -0.1) is 0 Å². The van der Waals surface area contributed by atoms with E-state index in [1.54, 1.807) is 24.3 Å². The van der Waals surface area contributed by atoms with Crippen molar-refractivity contribution in [2.45, 2.75) is 37.8 Å². The number of sulfone groups is 1. The van der Waals surface area contributed by atoms with Gasteiger partial charge >= 0.3 is 5.97 Å². The van der Waals surface area contributed by atoms with Gasteiger partial charge in [0, 0.05) is 18.0 Å². The average molecular weight is 351 g/mol. The monoisotopic (exact) mass is 351 g/mol. The van der Waals surface area contributed by atoms with Gasteiger partial charge in [-0.2, -0.15) is 0 Å². The van der Waals surface area contributed by atoms with Crippen LogP contribution < -0.4 is 5.32 Å². The number of benzene rings is 1. The molecule has 2 aliphatic rings. The molecule has 1 saturated heterocycles. The lowest BCUT2D eigenvalue weighted by Gasteiger charge is -2.19. The zero-order valence-corrected chi connectivity index (χ0v) is 14.1. The molecule has 3 rings (SSSR count). The molecule has 2 atom stereocenters. The van der Waals surface area contributed by atoms with Crippen LogP contribution in [0.5, 0.6) is 0 Å². The van der Waals surface area contributed by atoms with Gasteiger partial charge in [-0.05, 0) is 25.2 Å². The van der Waals surface area contributed by atoms with Gasteiger partial charge in [0.15, 0.2) is 9.84 Å². The van der Waals surface area contributed by atoms with Crippen LogP contribution >= 0.6 is 0 Å². The Hall–Kier alpha value is -1.89. The lowest BCUT2D eigenvalue weighted by atomic mass is 10.1. The molecule has 2 unspecified atom stereocenters. The number of rotatable bonds is 6. The van der Waals surface area contributed by atoms with Crippen molar-refractivity contribution in [3.63, 3.8) is 0 Å². The Bertz CT molecular complexity index is 712. The van der Waals surface area contributed by atoms with Gasteiger partial charge < -0.3 is 10.1 Å². The first kappa shape index (κ1) is 17.0. The highest BCUT2D eigenvalue weighted by Gasteiger charge is 2.33. The van der Waals surface area contributed by atoms with Crippen LogP contribution in [-0.4, -0.2) is 37.8 Å². The van der Waals surface area contributed by atoms with Crippen LogP contribution in [0.15, 0.2) is 30.3 Å². The number of nitrogens with one attached hydrogen (secondary N) is 1. The summed E-state index contributed by atoms with van der Waals surface area (Å²) in [6.07, 6.45) is 1.40. The molecule has 7 heteroatoms. The highest BCUT2D eigenvalue weighted by Crippen LogP contribution is 2.26. The van der Waals surface area contributed by atoms with Crippen molar-refractivity contribution in [3.05, 3.63) is 35.9 Å². The average Bonchev–Trinajstić information content (AvgIpc) is 3.28. The third-order valence-electron chi connectivity index (χ3n) is 4.30. The quantitative estimate of drug-likeness (QED) is 0.782. The molecule has 2 fully saturated rings. The normalized spacial score (nSPS) is 23.4. The first-order valence-corrected chi connectivity index (χ1v) is 10.0. The molecule has 0 bridgehead atoms. The zero-order chi connectivity index (χ0) is 17.2. The van der Waals surface area contributed by atoms with Crippen molar-refractivity contribution in [2.24, 2.45) is 5.92 Å². The Balaban J connectivity index is 1.64. The summed E-state index contributed by atoms with van der Waals surface area (Å²) in [6.45, 7) is 0. The lowest BCUT2D eigenvalue weighted by molar-refractivity contribution is -0.157. The Morgan fingerprint density at radius 2 is 1.88 bits per heavy atom. The molecule has 1 amide bonds. The Labute approximate surface area is 141 Å². The van der Waals surface area contributed by atoms with Crippen molar-refractivity contribution >= 4 is 21.7 Å². The molecular weight excluding hydrogens is 330 g/mol. The molecule has 130 valence electrons. The molecule has 1 aliphatic heterocycles. The van der Waals surface area contributed by atoms with E-state index < -0.39 is 21.9 Å². The van der Waals surface area contributed by atoms with E-state index in [0.717, 1.165) is 12.8 Å². The van der Waals surface area contributed by atoms with Crippen LogP contribution in [0.25, 0.3) is 0 Å². The summed E-state index contributed by atoms with van der Waals surface area (Å²) in [5.41, 5.74) is 0.614. The maximum atomic E-state index is 12.4. The maximum absolute atomic E-state index is 12.4. The van der Waals surface area contributed by atoms with Crippen molar-refractivity contribution in [2.75, 3.05) is 11.5 Å². The molecule has 24 heavy (non-hydrogen) atoms. The first-order valence-electron chi connectivity index (χ1n) is 8.18. The van der Waals surface area contributed by atoms with E-state index in [1.807, 2.05) is 6.07 Å². The van der Waals surface area contributed by atoms with Crippen LogP contribution in [-0.2, 0) is 24.2 Å². The van der Waals surface area contributed by atoms with Crippen LogP contribution in [0, 0.1) is 5.92 Å². The van der Waals surface area contributed by atoms with E-state index in [1.165, 1.54) is 0 Å². The summed E-state index contributed by atoms with van der Waals surface area (Å²) in [5.74, 6) is -0.930. The maximum Gasteiger partial charge on any atom is 0.307 e. The van der Waals surface area contributed by atoms with Crippen molar-refractivity contribution < 1.29 is 22.7 Å². The zero-order valence-electron chi connectivity index (χ0n) is 13.3. The molecule has 1 aromatic rings. The molecule has 0 radical (unpaired) electrons. The van der Waals surface area contributed by atoms with Crippen LogP contribution in [0.4, 0.5) is 0 Å². The standard InChI is InChI=1S/C17H21NO5S/c19-15(10-12-8-9-24(21,22)11-12)23-16(13-4-2-1-3-5-13)17(20)18-14-6-7-14/h1-5,12,14,16H,6-11H2,(H,18,20). The molecule has 1 aromatic carbocycles. The molecule has 1 heterocycles. The minimum absolute atomic E-state index is 0.0202. The molecule has 0 aromatic heterocycles. The number of ether oxygens (including phenoxy) is 1. The summed E-state index contributed by atoms with van der Waals surface area (Å²) >= 11 is 0. The summed E-state index contributed by atoms with van der Waals surface area (Å²) in [5, 5.41) is 2.85. The van der Waals surface area contributed by atoms with E-state index in [4.69, 9.17) is 4.74 Å². The minimum atomic E-state index is -3.03. The van der Waals surface area contributed by atoms with Gasteiger partial charge in [-0.25, -0.2) is 8.42 Å². The Kier molecular flexibility index (Phi) is 4.89. The molecule has 1 aliphatic carbocycles. The van der Waals surface area contributed by atoms with E-state index in [-0.39, 0.29) is 35.8 Å². The number of esters is 1. The minimum Gasteiger partial charge on any atom is -0.447 e. The largest absolute Gasteiger partial charge is 0.447 e. The van der Waals surface area contributed by atoms with Crippen molar-refractivity contribution in [1.82, 2.24) is 5.32 Å². The van der Waals surface area contributed by atoms with Gasteiger partial charge in [-0.1, -0.05) is 30.3 Å². The van der Waals surface area contributed by atoms with Gasteiger partial charge in [0.05, 0.1) is 11.5 Å². The molecule has 1 N–H and O–H groups in total. The first-order chi connectivity index (χ1) is 11.4. The van der Waals surface area contributed by atoms with Gasteiger partial charge in [-0.3, -0.25) is 9.59 Å². The summed E-state index contributed by atoms with van der Waals surface area (Å²) in [6, 6.07) is 9.04. The van der Waals surface area contributed by atoms with Crippen LogP contribution in [0.2, 0.25) is 0 Å². The summed E-state index contributed by atoms with van der Waals surface area (Å²) in [4.78, 5) is 24.6. The smallest absolute Gasteiger partial charge is 0.307 e. The third-order valence-corrected chi connectivity index (χ3v) is 6.13. The number of hydrogen-bond donors (Lipinski definition) is 1. The highest BCUT2D eigenvalue weighted by molar-refractivity contribution is 7.91. The number of carbonyl (C=O) groups excluding carboxylic acids is 2. The van der Waals surface area contributed by atoms with E-state index in [2.05, 4.69) is 5.32 Å². The van der Waals surface area contributed by atoms with Crippen LogP contribution in [0.1, 0.15) is 37.4 Å². The number of amides is 1. The second-order valence-electron chi connectivity index (χ2n) is 6.54. The predicted molar refractivity (Wildman–Crippen MR) is 87.8 cm³/mol. The fourth-order valence-electron chi connectivity index (χ4n) is 2.85. The van der Waals surface area contributed by atoms with E-state index in [0.29, 0.717) is 12.0 Å². The summed E-state index contributed by atoms with van der Waals surface area (Å²) < 4.78 is 28.4. The second-order valence-corrected chi connectivity index (χ2v) is 8.77. The molecule has 6 nitrogen and oxygen atoms in total. The Morgan fingerprint density at radius 3 is 2.46 bits per heavy atom. The van der Waals surface area contributed by atoms with Gasteiger partial charge in [0.1, 0.15) is 0 Å². The van der Waals surface area contributed by atoms with Crippen molar-refractivity contribution in [3.8, 4) is 0 Å². The molecular formula is C17H21NO5S. The Morgan fingerprint density at radius 1 is 1.17 bits per heavy atom. The lowest BCUT2D eigenvalue weighted by Crippen LogP contribution is -2.33. The molecule has 1 saturated carbocycles. The van der Waals surface area contributed by atoms with Crippen LogP contribution in [0.3, 0.4) is 0 Å². The van der Waals surface area contributed by atoms with E-state index >= 15 is 0 Å². The number of carbonyl (C=O) groups is 2. The SMILES string of the molecule is O=C(CC1CCS(=O)(=O)C1)OC(C(=O)NC1CC1)c1ccccc1. The predicted octanol–water partition coefficient (Wildman–Crippen LogP) is 1.37. The fraction of sp³-hybridized carbons (Fsp3) is 0.529. The second kappa shape index (κ2) is 6.93. The molecule has 0 spiro atoms. The third kappa shape index (κ3) is 4.56. The number of hydrogen-bond acceptors (Lipinski definition) is 5. The summed E-state index contributed by atoms with van der Waals surface area (Å²) in [7, 11) is -3.03. The van der Waals surface area contributed by atoms with E-state index in [9.17, 15) is 18.0 Å². The van der Waals surface area contributed by atoms with Gasteiger partial charge in [0.2, 0.25) is 6.10 Å². The van der Waals surface area contributed by atoms with Gasteiger partial charge in [0.25, 0.3) is 5.91 Å². The fourth-order valence-corrected chi connectivity index (χ4v) is 4.72.